The van der Waals surface area contributed by atoms with Crippen molar-refractivity contribution in [2.24, 2.45) is 5.41 Å². The average Bonchev–Trinajstić information content (AvgIpc) is 3.45. The van der Waals surface area contributed by atoms with Crippen LogP contribution in [-0.2, 0) is 35.5 Å². The third-order valence-electron chi connectivity index (χ3n) is 8.25. The van der Waals surface area contributed by atoms with Gasteiger partial charge in [0.15, 0.2) is 0 Å². The Balaban J connectivity index is 0.00000288. The van der Waals surface area contributed by atoms with Crippen LogP contribution in [0.5, 0.6) is 5.75 Å². The number of nitrogens with one attached hydrogen (secondary N) is 1. The minimum absolute atomic E-state index is 0. The first-order valence-corrected chi connectivity index (χ1v) is 16.1. The van der Waals surface area contributed by atoms with Crippen molar-refractivity contribution in [1.29, 1.82) is 0 Å². The van der Waals surface area contributed by atoms with Gasteiger partial charge in [-0.15, -0.1) is 36.2 Å². The van der Waals surface area contributed by atoms with E-state index in [1.165, 1.54) is 4.88 Å². The Kier molecular flexibility index (Phi) is 12.8. The summed E-state index contributed by atoms with van der Waals surface area (Å²) in [6.07, 6.45) is 6.08. The molecule has 248 valence electrons. The van der Waals surface area contributed by atoms with E-state index in [4.69, 9.17) is 4.74 Å². The maximum absolute atomic E-state index is 13.1. The van der Waals surface area contributed by atoms with Crippen LogP contribution in [0.15, 0.2) is 59.7 Å². The van der Waals surface area contributed by atoms with Gasteiger partial charge in [0.05, 0.1) is 23.4 Å². The molecular weight excluding hydrogens is 645 g/mol. The SMILES string of the molecule is CCc1cc2c(=O)n(CCc3ncccc3CNCCCOc3ccc4c(c3)N(C)C(=O)C(C)(C)C(=O)N4CC)ccc2s1.Cl.Cl. The number of amides is 2. The molecule has 0 atom stereocenters. The molecule has 1 aromatic carbocycles. The fourth-order valence-corrected chi connectivity index (χ4v) is 6.63. The highest BCUT2D eigenvalue weighted by molar-refractivity contribution is 7.19. The summed E-state index contributed by atoms with van der Waals surface area (Å²) < 4.78 is 8.86. The lowest BCUT2D eigenvalue weighted by atomic mass is 9.90. The standard InChI is InChI=1S/C34H41N5O4S.2ClH/c1-6-25-21-26-30(44-25)14-18-38(31(26)40)17-13-27-23(10-8-16-36-27)22-35-15-9-19-43-24-11-12-28-29(20-24)37(5)32(41)34(3,4)33(42)39(28)7-2;;/h8,10-12,14,16,18,20-21,35H,6-7,9,13,15,17,19,22H2,1-5H3;2*1H. The van der Waals surface area contributed by atoms with Gasteiger partial charge in [-0.25, -0.2) is 0 Å². The maximum Gasteiger partial charge on any atom is 0.259 e. The van der Waals surface area contributed by atoms with Crippen molar-refractivity contribution >= 4 is 69.4 Å². The number of carbonyl (C=O) groups excluding carboxylic acids is 2. The first-order valence-electron chi connectivity index (χ1n) is 15.3. The molecule has 1 aliphatic rings. The van der Waals surface area contributed by atoms with Crippen molar-refractivity contribution in [3.63, 3.8) is 0 Å². The molecule has 4 aromatic rings. The van der Waals surface area contributed by atoms with E-state index in [2.05, 4.69) is 23.3 Å². The van der Waals surface area contributed by atoms with Crippen molar-refractivity contribution in [3.8, 4) is 5.75 Å². The number of rotatable bonds is 12. The summed E-state index contributed by atoms with van der Waals surface area (Å²) in [5.74, 6) is 0.214. The molecule has 0 spiro atoms. The van der Waals surface area contributed by atoms with Crippen LogP contribution in [0.3, 0.4) is 0 Å². The van der Waals surface area contributed by atoms with Crippen LogP contribution in [0.25, 0.3) is 10.1 Å². The van der Waals surface area contributed by atoms with Gasteiger partial charge in [-0.3, -0.25) is 19.4 Å². The van der Waals surface area contributed by atoms with Crippen LogP contribution in [0.2, 0.25) is 0 Å². The highest BCUT2D eigenvalue weighted by Gasteiger charge is 2.45. The van der Waals surface area contributed by atoms with E-state index in [1.807, 2.05) is 49.5 Å². The molecule has 46 heavy (non-hydrogen) atoms. The lowest BCUT2D eigenvalue weighted by Crippen LogP contribution is -2.47. The number of halogens is 2. The number of hydrogen-bond acceptors (Lipinski definition) is 7. The molecule has 4 heterocycles. The first-order chi connectivity index (χ1) is 21.1. The number of aryl methyl sites for hydroxylation is 3. The number of ether oxygens (including phenoxy) is 1. The summed E-state index contributed by atoms with van der Waals surface area (Å²) in [6, 6.07) is 13.6. The number of aromatic nitrogens is 2. The average molecular weight is 689 g/mol. The quantitative estimate of drug-likeness (QED) is 0.145. The van der Waals surface area contributed by atoms with Crippen molar-refractivity contribution in [3.05, 3.63) is 81.3 Å². The number of fused-ring (bicyclic) bond motifs is 2. The Morgan fingerprint density at radius 2 is 1.78 bits per heavy atom. The third kappa shape index (κ3) is 7.57. The van der Waals surface area contributed by atoms with Crippen LogP contribution in [0, 0.1) is 5.41 Å². The lowest BCUT2D eigenvalue weighted by Gasteiger charge is -2.27. The molecule has 3 aromatic heterocycles. The predicted octanol–water partition coefficient (Wildman–Crippen LogP) is 6.02. The second kappa shape index (κ2) is 15.9. The molecule has 0 fully saturated rings. The lowest BCUT2D eigenvalue weighted by molar-refractivity contribution is -0.137. The number of thiophene rings is 1. The second-order valence-electron chi connectivity index (χ2n) is 11.6. The zero-order valence-corrected chi connectivity index (χ0v) is 29.4. The normalized spacial score (nSPS) is 14.0. The van der Waals surface area contributed by atoms with Gasteiger partial charge in [-0.2, -0.15) is 0 Å². The Labute approximate surface area is 286 Å². The van der Waals surface area contributed by atoms with E-state index in [0.29, 0.717) is 49.8 Å². The minimum Gasteiger partial charge on any atom is -0.493 e. The molecule has 2 amide bonds. The van der Waals surface area contributed by atoms with E-state index in [9.17, 15) is 14.4 Å². The van der Waals surface area contributed by atoms with Gasteiger partial charge in [-0.1, -0.05) is 13.0 Å². The highest BCUT2D eigenvalue weighted by atomic mass is 35.5. The molecule has 12 heteroatoms. The largest absolute Gasteiger partial charge is 0.493 e. The molecule has 5 rings (SSSR count). The third-order valence-corrected chi connectivity index (χ3v) is 9.49. The molecule has 0 radical (unpaired) electrons. The van der Waals surface area contributed by atoms with Crippen LogP contribution >= 0.6 is 36.2 Å². The highest BCUT2D eigenvalue weighted by Crippen LogP contribution is 2.40. The number of anilines is 2. The second-order valence-corrected chi connectivity index (χ2v) is 12.8. The maximum atomic E-state index is 13.1. The molecule has 0 saturated carbocycles. The number of hydrogen-bond donors (Lipinski definition) is 1. The van der Waals surface area contributed by atoms with Crippen molar-refractivity contribution in [2.75, 3.05) is 36.5 Å². The van der Waals surface area contributed by atoms with Gasteiger partial charge >= 0.3 is 0 Å². The fraction of sp³-hybridized carbons (Fsp3) is 0.412. The Bertz CT molecular complexity index is 1740. The number of carbonyl (C=O) groups is 2. The van der Waals surface area contributed by atoms with Crippen molar-refractivity contribution < 1.29 is 14.3 Å². The number of pyridine rings is 2. The molecular formula is C34H43Cl2N5O4S. The van der Waals surface area contributed by atoms with Gasteiger partial charge < -0.3 is 24.4 Å². The summed E-state index contributed by atoms with van der Waals surface area (Å²) in [7, 11) is 1.71. The summed E-state index contributed by atoms with van der Waals surface area (Å²) in [6.45, 7) is 10.3. The van der Waals surface area contributed by atoms with Crippen LogP contribution in [0.4, 0.5) is 11.4 Å². The van der Waals surface area contributed by atoms with Gasteiger partial charge in [0.1, 0.15) is 11.2 Å². The van der Waals surface area contributed by atoms with E-state index < -0.39 is 5.41 Å². The topological polar surface area (TPSA) is 96.8 Å². The predicted molar refractivity (Wildman–Crippen MR) is 191 cm³/mol. The smallest absolute Gasteiger partial charge is 0.259 e. The van der Waals surface area contributed by atoms with Crippen LogP contribution < -0.4 is 25.4 Å². The molecule has 1 N–H and O–H groups in total. The van der Waals surface area contributed by atoms with Gasteiger partial charge in [-0.05, 0) is 76.1 Å². The Morgan fingerprint density at radius 3 is 2.52 bits per heavy atom. The van der Waals surface area contributed by atoms with Gasteiger partial charge in [0.2, 0.25) is 11.8 Å². The van der Waals surface area contributed by atoms with Crippen LogP contribution in [0.1, 0.15) is 50.3 Å². The first kappa shape index (κ1) is 37.0. The van der Waals surface area contributed by atoms with E-state index in [0.717, 1.165) is 40.7 Å². The van der Waals surface area contributed by atoms with E-state index in [-0.39, 0.29) is 42.2 Å². The summed E-state index contributed by atoms with van der Waals surface area (Å²) >= 11 is 1.69. The molecule has 0 bridgehead atoms. The minimum atomic E-state index is -1.14. The fourth-order valence-electron chi connectivity index (χ4n) is 5.64. The number of nitrogens with zero attached hydrogens (tertiary/aromatic N) is 4. The summed E-state index contributed by atoms with van der Waals surface area (Å²) in [5.41, 5.74) is 2.39. The summed E-state index contributed by atoms with van der Waals surface area (Å²) in [4.78, 5) is 48.2. The Morgan fingerprint density at radius 1 is 1.00 bits per heavy atom. The number of benzene rings is 1. The summed E-state index contributed by atoms with van der Waals surface area (Å²) in [5, 5.41) is 4.28. The molecule has 1 aliphatic heterocycles. The van der Waals surface area contributed by atoms with Gasteiger partial charge in [0, 0.05) is 66.8 Å². The molecule has 9 nitrogen and oxygen atoms in total. The zero-order valence-electron chi connectivity index (χ0n) is 27.0. The molecule has 0 unspecified atom stereocenters. The zero-order chi connectivity index (χ0) is 31.4. The van der Waals surface area contributed by atoms with Gasteiger partial charge in [0.25, 0.3) is 5.56 Å². The molecule has 0 aliphatic carbocycles. The van der Waals surface area contributed by atoms with E-state index in [1.54, 1.807) is 52.8 Å². The van der Waals surface area contributed by atoms with Crippen molar-refractivity contribution in [1.82, 2.24) is 14.9 Å². The Hall–Kier alpha value is -3.44. The van der Waals surface area contributed by atoms with Crippen molar-refractivity contribution in [2.45, 2.75) is 60.0 Å². The molecule has 0 saturated heterocycles. The monoisotopic (exact) mass is 687 g/mol. The van der Waals surface area contributed by atoms with E-state index >= 15 is 0 Å². The van der Waals surface area contributed by atoms with Crippen LogP contribution in [-0.4, -0.2) is 48.1 Å².